The molecule has 3 aromatic rings. The van der Waals surface area contributed by atoms with Crippen molar-refractivity contribution in [3.05, 3.63) is 59.9 Å². The second-order valence-electron chi connectivity index (χ2n) is 6.37. The van der Waals surface area contributed by atoms with Crippen molar-refractivity contribution in [3.8, 4) is 33.8 Å². The maximum atomic E-state index is 9.65. The highest BCUT2D eigenvalue weighted by atomic mass is 16.5. The first-order chi connectivity index (χ1) is 13.0. The van der Waals surface area contributed by atoms with E-state index in [9.17, 15) is 10.0 Å². The van der Waals surface area contributed by atoms with Gasteiger partial charge in [-0.25, -0.2) is 0 Å². The predicted molar refractivity (Wildman–Crippen MR) is 108 cm³/mol. The zero-order chi connectivity index (χ0) is 19.6. The van der Waals surface area contributed by atoms with Crippen LogP contribution in [0.2, 0.25) is 0 Å². The summed E-state index contributed by atoms with van der Waals surface area (Å²) in [6.45, 7) is 3.87. The summed E-state index contributed by atoms with van der Waals surface area (Å²) >= 11 is 0. The molecular formula is C21H22BNO4. The minimum Gasteiger partial charge on any atom is -0.497 e. The van der Waals surface area contributed by atoms with Gasteiger partial charge in [0, 0.05) is 29.1 Å². The molecule has 0 fully saturated rings. The van der Waals surface area contributed by atoms with Crippen molar-refractivity contribution in [1.29, 1.82) is 0 Å². The van der Waals surface area contributed by atoms with Crippen LogP contribution in [-0.4, -0.2) is 36.4 Å². The average molecular weight is 363 g/mol. The SMILES string of the molecule is COc1ccc(-c2cncc(-c3c(OC)ccc(B(O)O)c3C)c2)c(C)c1. The zero-order valence-electron chi connectivity index (χ0n) is 15.9. The van der Waals surface area contributed by atoms with Crippen molar-refractivity contribution < 1.29 is 19.5 Å². The molecule has 0 saturated carbocycles. The number of nitrogens with zero attached hydrogens (tertiary/aromatic N) is 1. The average Bonchev–Trinajstić information content (AvgIpc) is 2.67. The molecule has 2 aromatic carbocycles. The van der Waals surface area contributed by atoms with Gasteiger partial charge in [0.05, 0.1) is 14.2 Å². The molecule has 6 heteroatoms. The van der Waals surface area contributed by atoms with E-state index in [0.29, 0.717) is 11.2 Å². The number of rotatable bonds is 5. The molecule has 0 spiro atoms. The third-order valence-electron chi connectivity index (χ3n) is 4.74. The summed E-state index contributed by atoms with van der Waals surface area (Å²) in [5.74, 6) is 1.46. The Morgan fingerprint density at radius 2 is 1.63 bits per heavy atom. The molecule has 0 aliphatic rings. The molecule has 0 aliphatic heterocycles. The Morgan fingerprint density at radius 3 is 2.26 bits per heavy atom. The van der Waals surface area contributed by atoms with E-state index in [-0.39, 0.29) is 0 Å². The van der Waals surface area contributed by atoms with Crippen LogP contribution in [0.15, 0.2) is 48.8 Å². The van der Waals surface area contributed by atoms with Crippen LogP contribution in [0, 0.1) is 13.8 Å². The number of benzene rings is 2. The van der Waals surface area contributed by atoms with Gasteiger partial charge in [0.15, 0.2) is 0 Å². The Balaban J connectivity index is 2.16. The van der Waals surface area contributed by atoms with E-state index in [0.717, 1.165) is 39.1 Å². The lowest BCUT2D eigenvalue weighted by molar-refractivity contribution is 0.414. The van der Waals surface area contributed by atoms with Crippen LogP contribution in [0.5, 0.6) is 11.5 Å². The highest BCUT2D eigenvalue weighted by molar-refractivity contribution is 6.59. The standard InChI is InChI=1S/C21H22BNO4/c1-13-9-17(26-3)5-6-18(13)15-10-16(12-23-11-15)21-14(2)19(22(24)25)7-8-20(21)27-4/h5-12,24-25H,1-4H3. The van der Waals surface area contributed by atoms with Crippen LogP contribution in [0.25, 0.3) is 22.3 Å². The number of aromatic nitrogens is 1. The third kappa shape index (κ3) is 3.67. The van der Waals surface area contributed by atoms with Crippen LogP contribution < -0.4 is 14.9 Å². The Bertz CT molecular complexity index is 972. The summed E-state index contributed by atoms with van der Waals surface area (Å²) in [6, 6.07) is 11.3. The molecule has 1 heterocycles. The summed E-state index contributed by atoms with van der Waals surface area (Å²) in [4.78, 5) is 4.40. The van der Waals surface area contributed by atoms with Crippen molar-refractivity contribution in [3.63, 3.8) is 0 Å². The van der Waals surface area contributed by atoms with Crippen LogP contribution in [0.4, 0.5) is 0 Å². The van der Waals surface area contributed by atoms with Gasteiger partial charge in [-0.05, 0) is 60.3 Å². The van der Waals surface area contributed by atoms with Gasteiger partial charge in [0.2, 0.25) is 0 Å². The molecule has 0 amide bonds. The molecular weight excluding hydrogens is 341 g/mol. The Morgan fingerprint density at radius 1 is 0.889 bits per heavy atom. The van der Waals surface area contributed by atoms with Crippen molar-refractivity contribution in [2.45, 2.75) is 13.8 Å². The highest BCUT2D eigenvalue weighted by Crippen LogP contribution is 2.35. The zero-order valence-corrected chi connectivity index (χ0v) is 15.9. The maximum absolute atomic E-state index is 9.65. The molecule has 0 saturated heterocycles. The van der Waals surface area contributed by atoms with E-state index >= 15 is 0 Å². The van der Waals surface area contributed by atoms with Crippen LogP contribution in [0.3, 0.4) is 0 Å². The molecule has 27 heavy (non-hydrogen) atoms. The lowest BCUT2D eigenvalue weighted by Crippen LogP contribution is -2.32. The van der Waals surface area contributed by atoms with E-state index < -0.39 is 7.12 Å². The maximum Gasteiger partial charge on any atom is 0.488 e. The normalized spacial score (nSPS) is 10.6. The highest BCUT2D eigenvalue weighted by Gasteiger charge is 2.20. The number of ether oxygens (including phenoxy) is 2. The van der Waals surface area contributed by atoms with E-state index in [1.54, 1.807) is 32.5 Å². The minimum absolute atomic E-state index is 0.442. The van der Waals surface area contributed by atoms with Gasteiger partial charge in [-0.3, -0.25) is 4.98 Å². The Labute approximate surface area is 159 Å². The lowest BCUT2D eigenvalue weighted by Gasteiger charge is -2.16. The number of hydrogen-bond acceptors (Lipinski definition) is 5. The van der Waals surface area contributed by atoms with Gasteiger partial charge in [-0.1, -0.05) is 12.1 Å². The molecule has 1 aromatic heterocycles. The molecule has 5 nitrogen and oxygen atoms in total. The van der Waals surface area contributed by atoms with E-state index in [2.05, 4.69) is 4.98 Å². The van der Waals surface area contributed by atoms with Crippen LogP contribution in [-0.2, 0) is 0 Å². The van der Waals surface area contributed by atoms with Gasteiger partial charge >= 0.3 is 7.12 Å². The first-order valence-electron chi connectivity index (χ1n) is 8.60. The lowest BCUT2D eigenvalue weighted by atomic mass is 9.75. The monoisotopic (exact) mass is 363 g/mol. The van der Waals surface area contributed by atoms with Crippen molar-refractivity contribution >= 4 is 12.6 Å². The fourth-order valence-electron chi connectivity index (χ4n) is 3.32. The van der Waals surface area contributed by atoms with Crippen molar-refractivity contribution in [1.82, 2.24) is 4.98 Å². The number of hydrogen-bond donors (Lipinski definition) is 2. The largest absolute Gasteiger partial charge is 0.497 e. The fraction of sp³-hybridized carbons (Fsp3) is 0.190. The Kier molecular flexibility index (Phi) is 5.49. The third-order valence-corrected chi connectivity index (χ3v) is 4.74. The smallest absolute Gasteiger partial charge is 0.488 e. The molecule has 0 radical (unpaired) electrons. The summed E-state index contributed by atoms with van der Waals surface area (Å²) in [5.41, 5.74) is 5.93. The van der Waals surface area contributed by atoms with Gasteiger partial charge in [0.25, 0.3) is 0 Å². The number of aryl methyl sites for hydroxylation is 1. The van der Waals surface area contributed by atoms with Crippen LogP contribution in [0.1, 0.15) is 11.1 Å². The van der Waals surface area contributed by atoms with E-state index in [4.69, 9.17) is 9.47 Å². The summed E-state index contributed by atoms with van der Waals surface area (Å²) < 4.78 is 10.8. The first kappa shape index (κ1) is 19.0. The summed E-state index contributed by atoms with van der Waals surface area (Å²) in [6.07, 6.45) is 3.56. The molecule has 0 aliphatic carbocycles. The molecule has 138 valence electrons. The molecule has 2 N–H and O–H groups in total. The molecule has 0 bridgehead atoms. The van der Waals surface area contributed by atoms with Gasteiger partial charge in [-0.15, -0.1) is 0 Å². The fourth-order valence-corrected chi connectivity index (χ4v) is 3.32. The van der Waals surface area contributed by atoms with Gasteiger partial charge < -0.3 is 19.5 Å². The molecule has 0 unspecified atom stereocenters. The first-order valence-corrected chi connectivity index (χ1v) is 8.60. The van der Waals surface area contributed by atoms with Gasteiger partial charge in [0.1, 0.15) is 11.5 Å². The number of methoxy groups -OCH3 is 2. The van der Waals surface area contributed by atoms with E-state index in [1.165, 1.54) is 0 Å². The molecule has 0 atom stereocenters. The second kappa shape index (κ2) is 7.82. The molecule has 3 rings (SSSR count). The topological polar surface area (TPSA) is 71.8 Å². The van der Waals surface area contributed by atoms with Crippen LogP contribution >= 0.6 is 0 Å². The second-order valence-corrected chi connectivity index (χ2v) is 6.37. The van der Waals surface area contributed by atoms with Gasteiger partial charge in [-0.2, -0.15) is 0 Å². The predicted octanol–water partition coefficient (Wildman–Crippen LogP) is 2.73. The quantitative estimate of drug-likeness (QED) is 0.682. The summed E-state index contributed by atoms with van der Waals surface area (Å²) in [7, 11) is 1.70. The van der Waals surface area contributed by atoms with E-state index in [1.807, 2.05) is 44.3 Å². The summed E-state index contributed by atoms with van der Waals surface area (Å²) in [5, 5.41) is 19.3. The van der Waals surface area contributed by atoms with Crippen molar-refractivity contribution in [2.24, 2.45) is 0 Å². The Hall–Kier alpha value is -2.83. The number of pyridine rings is 1. The minimum atomic E-state index is -1.55. The van der Waals surface area contributed by atoms with Crippen molar-refractivity contribution in [2.75, 3.05) is 14.2 Å².